The molecular weight excluding hydrogens is 315 g/mol. The van der Waals surface area contributed by atoms with Crippen LogP contribution in [0.2, 0.25) is 0 Å². The maximum absolute atomic E-state index is 13.4. The van der Waals surface area contributed by atoms with E-state index in [1.54, 1.807) is 12.1 Å². The van der Waals surface area contributed by atoms with E-state index in [-0.39, 0.29) is 24.4 Å². The maximum Gasteiger partial charge on any atom is 0.407 e. The number of rotatable bonds is 6. The number of aliphatic hydroxyl groups is 2. The van der Waals surface area contributed by atoms with E-state index in [9.17, 15) is 19.4 Å². The highest BCUT2D eigenvalue weighted by Crippen LogP contribution is 2.25. The average molecular weight is 334 g/mol. The molecule has 0 spiro atoms. The second-order valence-corrected chi connectivity index (χ2v) is 5.20. The number of aliphatic hydroxyl groups excluding tert-OH is 2. The van der Waals surface area contributed by atoms with Crippen molar-refractivity contribution in [3.05, 3.63) is 65.5 Å². The van der Waals surface area contributed by atoms with Gasteiger partial charge in [0.15, 0.2) is 0 Å². The average Bonchev–Trinajstić information content (AvgIpc) is 2.60. The molecule has 0 aliphatic rings. The zero-order valence-electron chi connectivity index (χ0n) is 12.9. The minimum Gasteiger partial charge on any atom is -0.445 e. The quantitative estimate of drug-likeness (QED) is 0.602. The van der Waals surface area contributed by atoms with Crippen LogP contribution in [0.3, 0.4) is 0 Å². The minimum atomic E-state index is -1.44. The number of ether oxygens (including phenoxy) is 1. The number of nitrogen functional groups attached to an aromatic ring is 1. The summed E-state index contributed by atoms with van der Waals surface area (Å²) < 4.78 is 18.4. The van der Waals surface area contributed by atoms with Crippen LogP contribution in [0, 0.1) is 5.82 Å². The van der Waals surface area contributed by atoms with Gasteiger partial charge < -0.3 is 26.0 Å². The van der Waals surface area contributed by atoms with Gasteiger partial charge in [0.25, 0.3) is 0 Å². The van der Waals surface area contributed by atoms with E-state index in [1.165, 1.54) is 12.1 Å². The Kier molecular flexibility index (Phi) is 6.11. The Morgan fingerprint density at radius 1 is 1.17 bits per heavy atom. The first-order chi connectivity index (χ1) is 11.5. The molecule has 6 nitrogen and oxygen atoms in total. The van der Waals surface area contributed by atoms with Crippen LogP contribution in [0.1, 0.15) is 17.2 Å². The van der Waals surface area contributed by atoms with E-state index < -0.39 is 24.1 Å². The van der Waals surface area contributed by atoms with Gasteiger partial charge in [0.2, 0.25) is 0 Å². The fourth-order valence-corrected chi connectivity index (χ4v) is 2.09. The van der Waals surface area contributed by atoms with Crippen molar-refractivity contribution in [3.8, 4) is 0 Å². The highest BCUT2D eigenvalue weighted by atomic mass is 19.1. The fourth-order valence-electron chi connectivity index (χ4n) is 2.09. The van der Waals surface area contributed by atoms with E-state index in [1.807, 2.05) is 18.2 Å². The van der Waals surface area contributed by atoms with Crippen molar-refractivity contribution in [2.24, 2.45) is 0 Å². The predicted octanol–water partition coefficient (Wildman–Crippen LogP) is 1.73. The molecule has 0 bridgehead atoms. The van der Waals surface area contributed by atoms with E-state index in [2.05, 4.69) is 5.32 Å². The number of hydrogen-bond donors (Lipinski definition) is 4. The molecule has 0 aromatic heterocycles. The van der Waals surface area contributed by atoms with Gasteiger partial charge in [-0.15, -0.1) is 0 Å². The molecule has 0 aliphatic carbocycles. The Morgan fingerprint density at radius 3 is 2.58 bits per heavy atom. The fraction of sp³-hybridized carbons (Fsp3) is 0.235. The lowest BCUT2D eigenvalue weighted by atomic mass is 10.0. The third kappa shape index (κ3) is 4.68. The number of halogens is 1. The van der Waals surface area contributed by atoms with Crippen LogP contribution >= 0.6 is 0 Å². The van der Waals surface area contributed by atoms with Gasteiger partial charge in [-0.1, -0.05) is 42.5 Å². The van der Waals surface area contributed by atoms with Gasteiger partial charge in [0.1, 0.15) is 24.6 Å². The van der Waals surface area contributed by atoms with Crippen LogP contribution in [-0.4, -0.2) is 29.0 Å². The smallest absolute Gasteiger partial charge is 0.407 e. The van der Waals surface area contributed by atoms with Gasteiger partial charge in [-0.25, -0.2) is 9.18 Å². The maximum atomic E-state index is 13.4. The molecular formula is C17H19FN2O4. The van der Waals surface area contributed by atoms with Crippen LogP contribution in [0.15, 0.2) is 48.5 Å². The first-order valence-corrected chi connectivity index (χ1v) is 7.33. The highest BCUT2D eigenvalue weighted by molar-refractivity contribution is 5.67. The first kappa shape index (κ1) is 17.7. The molecule has 2 aromatic carbocycles. The van der Waals surface area contributed by atoms with Gasteiger partial charge in [-0.2, -0.15) is 0 Å². The van der Waals surface area contributed by atoms with Crippen LogP contribution in [-0.2, 0) is 11.3 Å². The molecule has 2 atom stereocenters. The SMILES string of the molecule is Nc1c(F)cccc1C(O)C(O)CNC(=O)OCc1ccccc1. The molecule has 24 heavy (non-hydrogen) atoms. The molecule has 0 aliphatic heterocycles. The highest BCUT2D eigenvalue weighted by Gasteiger charge is 2.22. The summed E-state index contributed by atoms with van der Waals surface area (Å²) in [6.45, 7) is -0.188. The summed E-state index contributed by atoms with van der Waals surface area (Å²) in [5.74, 6) is -0.686. The van der Waals surface area contributed by atoms with E-state index >= 15 is 0 Å². The van der Waals surface area contributed by atoms with Gasteiger partial charge >= 0.3 is 6.09 Å². The summed E-state index contributed by atoms with van der Waals surface area (Å²) in [4.78, 5) is 11.6. The molecule has 0 fully saturated rings. The number of carbonyl (C=O) groups is 1. The Balaban J connectivity index is 1.82. The van der Waals surface area contributed by atoms with Gasteiger partial charge in [0.05, 0.1) is 5.69 Å². The molecule has 1 amide bonds. The second-order valence-electron chi connectivity index (χ2n) is 5.20. The number of nitrogens with one attached hydrogen (secondary N) is 1. The Bertz CT molecular complexity index is 682. The van der Waals surface area contributed by atoms with Gasteiger partial charge in [-0.05, 0) is 11.6 Å². The lowest BCUT2D eigenvalue weighted by Gasteiger charge is -2.20. The molecule has 0 saturated heterocycles. The zero-order chi connectivity index (χ0) is 17.5. The van der Waals surface area contributed by atoms with Crippen LogP contribution in [0.25, 0.3) is 0 Å². The predicted molar refractivity (Wildman–Crippen MR) is 86.4 cm³/mol. The lowest BCUT2D eigenvalue weighted by molar-refractivity contribution is 0.0187. The third-order valence-corrected chi connectivity index (χ3v) is 3.44. The first-order valence-electron chi connectivity index (χ1n) is 7.33. The zero-order valence-corrected chi connectivity index (χ0v) is 12.9. The Morgan fingerprint density at radius 2 is 1.88 bits per heavy atom. The minimum absolute atomic E-state index is 0.0574. The summed E-state index contributed by atoms with van der Waals surface area (Å²) in [7, 11) is 0. The third-order valence-electron chi connectivity index (χ3n) is 3.44. The number of anilines is 1. The summed E-state index contributed by atoms with van der Waals surface area (Å²) in [5.41, 5.74) is 6.17. The van der Waals surface area contributed by atoms with Crippen LogP contribution in [0.5, 0.6) is 0 Å². The van der Waals surface area contributed by atoms with Gasteiger partial charge in [0, 0.05) is 12.1 Å². The topological polar surface area (TPSA) is 105 Å². The van der Waals surface area contributed by atoms with Crippen LogP contribution < -0.4 is 11.1 Å². The van der Waals surface area contributed by atoms with Crippen molar-refractivity contribution in [1.82, 2.24) is 5.32 Å². The van der Waals surface area contributed by atoms with Crippen molar-refractivity contribution in [2.45, 2.75) is 18.8 Å². The Hall–Kier alpha value is -2.64. The number of benzene rings is 2. The molecule has 128 valence electrons. The molecule has 0 saturated carbocycles. The van der Waals surface area contributed by atoms with Crippen molar-refractivity contribution in [1.29, 1.82) is 0 Å². The number of alkyl carbamates (subject to hydrolysis) is 1. The molecule has 5 N–H and O–H groups in total. The molecule has 2 rings (SSSR count). The number of nitrogens with two attached hydrogens (primary N) is 1. The lowest BCUT2D eigenvalue weighted by Crippen LogP contribution is -2.36. The van der Waals surface area contributed by atoms with Gasteiger partial charge in [-0.3, -0.25) is 0 Å². The number of amides is 1. The van der Waals surface area contributed by atoms with E-state index in [4.69, 9.17) is 10.5 Å². The summed E-state index contributed by atoms with van der Waals surface area (Å²) in [5, 5.41) is 22.3. The standard InChI is InChI=1S/C17H19FN2O4/c18-13-8-4-7-12(15(13)19)16(22)14(21)9-20-17(23)24-10-11-5-2-1-3-6-11/h1-8,14,16,21-22H,9-10,19H2,(H,20,23). The van der Waals surface area contributed by atoms with Crippen molar-refractivity contribution < 1.29 is 24.1 Å². The van der Waals surface area contributed by atoms with Crippen molar-refractivity contribution in [2.75, 3.05) is 12.3 Å². The molecule has 2 aromatic rings. The summed E-state index contributed by atoms with van der Waals surface area (Å²) in [6, 6.07) is 13.0. The van der Waals surface area contributed by atoms with Crippen molar-refractivity contribution >= 4 is 11.8 Å². The van der Waals surface area contributed by atoms with E-state index in [0.717, 1.165) is 11.6 Å². The number of para-hydroxylation sites is 1. The summed E-state index contributed by atoms with van der Waals surface area (Å²) >= 11 is 0. The summed E-state index contributed by atoms with van der Waals surface area (Å²) in [6.07, 6.45) is -3.54. The molecule has 0 radical (unpaired) electrons. The van der Waals surface area contributed by atoms with Crippen LogP contribution in [0.4, 0.5) is 14.9 Å². The monoisotopic (exact) mass is 334 g/mol. The largest absolute Gasteiger partial charge is 0.445 e. The normalized spacial score (nSPS) is 13.1. The molecule has 0 heterocycles. The van der Waals surface area contributed by atoms with E-state index in [0.29, 0.717) is 0 Å². The number of carbonyl (C=O) groups excluding carboxylic acids is 1. The second kappa shape index (κ2) is 8.28. The Labute approximate surface area is 138 Å². The van der Waals surface area contributed by atoms with Crippen molar-refractivity contribution in [3.63, 3.8) is 0 Å². The number of hydrogen-bond acceptors (Lipinski definition) is 5. The molecule has 2 unspecified atom stereocenters. The molecule has 7 heteroatoms.